The predicted molar refractivity (Wildman–Crippen MR) is 140 cm³/mol. The van der Waals surface area contributed by atoms with Crippen molar-refractivity contribution in [1.82, 2.24) is 10.7 Å². The number of rotatable bonds is 11. The van der Waals surface area contributed by atoms with Crippen LogP contribution in [0.15, 0.2) is 71.8 Å². The average Bonchev–Trinajstić information content (AvgIpc) is 2.89. The Bertz CT molecular complexity index is 1280. The molecule has 0 aliphatic carbocycles. The van der Waals surface area contributed by atoms with Gasteiger partial charge in [0.15, 0.2) is 11.5 Å². The SMILES string of the molecule is CCOc1ccc(C(=O)Oc2ccc(/C=N/NC(=O)CNC(=O)c3ccccc3Cl)cc2OCC)cc1. The van der Waals surface area contributed by atoms with E-state index in [4.69, 9.17) is 25.8 Å². The second-order valence-electron chi connectivity index (χ2n) is 7.44. The minimum atomic E-state index is -0.545. The molecule has 3 aromatic rings. The molecule has 0 bridgehead atoms. The molecule has 10 heteroatoms. The monoisotopic (exact) mass is 523 g/mol. The maximum atomic E-state index is 12.6. The zero-order valence-corrected chi connectivity index (χ0v) is 21.1. The molecule has 3 aromatic carbocycles. The zero-order chi connectivity index (χ0) is 26.6. The van der Waals surface area contributed by atoms with Crippen LogP contribution in [-0.2, 0) is 4.79 Å². The van der Waals surface area contributed by atoms with E-state index in [9.17, 15) is 14.4 Å². The van der Waals surface area contributed by atoms with Gasteiger partial charge in [-0.2, -0.15) is 5.10 Å². The summed E-state index contributed by atoms with van der Waals surface area (Å²) < 4.78 is 16.5. The first kappa shape index (κ1) is 27.2. The molecule has 0 aliphatic rings. The highest BCUT2D eigenvalue weighted by Gasteiger charge is 2.14. The highest BCUT2D eigenvalue weighted by Crippen LogP contribution is 2.29. The van der Waals surface area contributed by atoms with Crippen molar-refractivity contribution in [3.05, 3.63) is 88.4 Å². The summed E-state index contributed by atoms with van der Waals surface area (Å²) in [5.74, 6) is -0.304. The Morgan fingerprint density at radius 3 is 2.35 bits per heavy atom. The van der Waals surface area contributed by atoms with Crippen LogP contribution in [0.2, 0.25) is 5.02 Å². The fourth-order valence-corrected chi connectivity index (χ4v) is 3.31. The number of ether oxygens (including phenoxy) is 3. The average molecular weight is 524 g/mol. The molecule has 0 radical (unpaired) electrons. The molecule has 0 unspecified atom stereocenters. The van der Waals surface area contributed by atoms with Crippen LogP contribution in [0.1, 0.15) is 40.1 Å². The largest absolute Gasteiger partial charge is 0.494 e. The number of carbonyl (C=O) groups excluding carboxylic acids is 3. The number of esters is 1. The van der Waals surface area contributed by atoms with Crippen molar-refractivity contribution in [3.63, 3.8) is 0 Å². The molecule has 0 atom stereocenters. The summed E-state index contributed by atoms with van der Waals surface area (Å²) in [6.07, 6.45) is 1.40. The van der Waals surface area contributed by atoms with Crippen molar-refractivity contribution in [3.8, 4) is 17.2 Å². The fourth-order valence-electron chi connectivity index (χ4n) is 3.09. The molecule has 0 saturated carbocycles. The lowest BCUT2D eigenvalue weighted by molar-refractivity contribution is -0.120. The van der Waals surface area contributed by atoms with Gasteiger partial charge in [0.25, 0.3) is 11.8 Å². The Labute approximate surface area is 219 Å². The van der Waals surface area contributed by atoms with Gasteiger partial charge in [0.2, 0.25) is 0 Å². The summed E-state index contributed by atoms with van der Waals surface area (Å²) in [6.45, 7) is 4.27. The van der Waals surface area contributed by atoms with Crippen molar-refractivity contribution in [2.24, 2.45) is 5.10 Å². The number of hydrogen-bond donors (Lipinski definition) is 2. The molecule has 37 heavy (non-hydrogen) atoms. The smallest absolute Gasteiger partial charge is 0.343 e. The van der Waals surface area contributed by atoms with E-state index in [1.165, 1.54) is 6.21 Å². The minimum absolute atomic E-state index is 0.240. The van der Waals surface area contributed by atoms with Crippen LogP contribution in [0.4, 0.5) is 0 Å². The van der Waals surface area contributed by atoms with Crippen LogP contribution in [0.25, 0.3) is 0 Å². The quantitative estimate of drug-likeness (QED) is 0.168. The molecular weight excluding hydrogens is 498 g/mol. The van der Waals surface area contributed by atoms with E-state index in [0.29, 0.717) is 35.8 Å². The third-order valence-corrected chi connectivity index (χ3v) is 5.13. The molecule has 3 rings (SSSR count). The van der Waals surface area contributed by atoms with Gasteiger partial charge in [0.1, 0.15) is 5.75 Å². The summed E-state index contributed by atoms with van der Waals surface area (Å²) in [5, 5.41) is 6.66. The fraction of sp³-hybridized carbons (Fsp3) is 0.185. The van der Waals surface area contributed by atoms with Gasteiger partial charge in [-0.15, -0.1) is 0 Å². The molecule has 2 N–H and O–H groups in total. The standard InChI is InChI=1S/C27H26ClN3O6/c1-3-35-20-12-10-19(11-13-20)27(34)37-23-14-9-18(15-24(23)36-4-2)16-30-31-25(32)17-29-26(33)21-7-5-6-8-22(21)28/h5-16H,3-4,17H2,1-2H3,(H,29,33)(H,31,32)/b30-16+. The predicted octanol–water partition coefficient (Wildman–Crippen LogP) is 4.24. The van der Waals surface area contributed by atoms with Gasteiger partial charge in [0, 0.05) is 0 Å². The van der Waals surface area contributed by atoms with E-state index in [0.717, 1.165) is 0 Å². The summed E-state index contributed by atoms with van der Waals surface area (Å²) in [6, 6.07) is 18.0. The Morgan fingerprint density at radius 1 is 0.919 bits per heavy atom. The summed E-state index contributed by atoms with van der Waals surface area (Å²) >= 11 is 5.98. The topological polar surface area (TPSA) is 115 Å². The van der Waals surface area contributed by atoms with Gasteiger partial charge in [-0.1, -0.05) is 23.7 Å². The normalized spacial score (nSPS) is 10.6. The molecule has 0 heterocycles. The van der Waals surface area contributed by atoms with E-state index in [-0.39, 0.29) is 22.9 Å². The van der Waals surface area contributed by atoms with Crippen molar-refractivity contribution >= 4 is 35.6 Å². The van der Waals surface area contributed by atoms with E-state index in [1.54, 1.807) is 73.7 Å². The Morgan fingerprint density at radius 2 is 1.65 bits per heavy atom. The summed E-state index contributed by atoms with van der Waals surface area (Å²) in [7, 11) is 0. The second-order valence-corrected chi connectivity index (χ2v) is 7.85. The van der Waals surface area contributed by atoms with Gasteiger partial charge in [0.05, 0.1) is 42.1 Å². The first-order chi connectivity index (χ1) is 17.9. The Hall–Kier alpha value is -4.37. The van der Waals surface area contributed by atoms with E-state index < -0.39 is 17.8 Å². The number of nitrogens with one attached hydrogen (secondary N) is 2. The highest BCUT2D eigenvalue weighted by atomic mass is 35.5. The molecule has 2 amide bonds. The van der Waals surface area contributed by atoms with Crippen LogP contribution >= 0.6 is 11.6 Å². The first-order valence-corrected chi connectivity index (χ1v) is 11.9. The number of hydrazone groups is 1. The minimum Gasteiger partial charge on any atom is -0.494 e. The third kappa shape index (κ3) is 8.08. The van der Waals surface area contributed by atoms with E-state index in [1.807, 2.05) is 6.92 Å². The summed E-state index contributed by atoms with van der Waals surface area (Å²) in [5.41, 5.74) is 3.55. The molecule has 9 nitrogen and oxygen atoms in total. The molecule has 0 aliphatic heterocycles. The number of benzene rings is 3. The van der Waals surface area contributed by atoms with Crippen molar-refractivity contribution in [1.29, 1.82) is 0 Å². The second kappa shape index (κ2) is 13.6. The van der Waals surface area contributed by atoms with Crippen LogP contribution in [0, 0.1) is 0 Å². The van der Waals surface area contributed by atoms with Crippen LogP contribution in [-0.4, -0.2) is 43.8 Å². The van der Waals surface area contributed by atoms with Crippen molar-refractivity contribution in [2.75, 3.05) is 19.8 Å². The Balaban J connectivity index is 1.57. The van der Waals surface area contributed by atoms with Crippen LogP contribution in [0.5, 0.6) is 17.2 Å². The number of amides is 2. The van der Waals surface area contributed by atoms with Gasteiger partial charge in [-0.05, 0) is 74.0 Å². The summed E-state index contributed by atoms with van der Waals surface area (Å²) in [4.78, 5) is 36.7. The lowest BCUT2D eigenvalue weighted by atomic mass is 10.2. The number of carbonyl (C=O) groups is 3. The van der Waals surface area contributed by atoms with Crippen molar-refractivity contribution in [2.45, 2.75) is 13.8 Å². The van der Waals surface area contributed by atoms with Crippen LogP contribution < -0.4 is 25.0 Å². The molecule has 0 aromatic heterocycles. The molecule has 0 fully saturated rings. The van der Waals surface area contributed by atoms with E-state index >= 15 is 0 Å². The molecule has 0 saturated heterocycles. The lowest BCUT2D eigenvalue weighted by Gasteiger charge is -2.11. The lowest BCUT2D eigenvalue weighted by Crippen LogP contribution is -2.35. The molecular formula is C27H26ClN3O6. The van der Waals surface area contributed by atoms with Gasteiger partial charge >= 0.3 is 5.97 Å². The zero-order valence-electron chi connectivity index (χ0n) is 20.3. The van der Waals surface area contributed by atoms with Crippen LogP contribution in [0.3, 0.4) is 0 Å². The third-order valence-electron chi connectivity index (χ3n) is 4.80. The van der Waals surface area contributed by atoms with E-state index in [2.05, 4.69) is 15.8 Å². The van der Waals surface area contributed by atoms with Gasteiger partial charge in [-0.25, -0.2) is 10.2 Å². The van der Waals surface area contributed by atoms with Gasteiger partial charge in [-0.3, -0.25) is 9.59 Å². The Kier molecular flexibility index (Phi) is 10.0. The first-order valence-electron chi connectivity index (χ1n) is 11.5. The maximum absolute atomic E-state index is 12.6. The maximum Gasteiger partial charge on any atom is 0.343 e. The van der Waals surface area contributed by atoms with Gasteiger partial charge < -0.3 is 19.5 Å². The number of nitrogens with zero attached hydrogens (tertiary/aromatic N) is 1. The van der Waals surface area contributed by atoms with Crippen molar-refractivity contribution < 1.29 is 28.6 Å². The highest BCUT2D eigenvalue weighted by molar-refractivity contribution is 6.33. The number of hydrogen-bond acceptors (Lipinski definition) is 7. The molecule has 0 spiro atoms. The molecule has 192 valence electrons. The number of halogens is 1.